The molecule has 0 saturated heterocycles. The maximum Gasteiger partial charge on any atom is 0.232 e. The largest absolute Gasteiger partial charge is 0.506 e. The summed E-state index contributed by atoms with van der Waals surface area (Å²) in [6.07, 6.45) is 3.42. The first-order valence-corrected chi connectivity index (χ1v) is 11.0. The first kappa shape index (κ1) is 20.6. The predicted octanol–water partition coefficient (Wildman–Crippen LogP) is 8.20. The zero-order valence-electron chi connectivity index (χ0n) is 17.6. The van der Waals surface area contributed by atoms with E-state index in [-0.39, 0.29) is 5.75 Å². The second-order valence-corrected chi connectivity index (χ2v) is 8.24. The van der Waals surface area contributed by atoms with Crippen molar-refractivity contribution in [1.29, 1.82) is 0 Å². The van der Waals surface area contributed by atoms with Gasteiger partial charge in [-0.1, -0.05) is 59.4 Å². The van der Waals surface area contributed by atoms with Gasteiger partial charge in [0.25, 0.3) is 0 Å². The van der Waals surface area contributed by atoms with Crippen molar-refractivity contribution in [3.63, 3.8) is 0 Å². The number of benzene rings is 3. The lowest BCUT2D eigenvalue weighted by molar-refractivity contribution is 0.477. The Labute approximate surface area is 193 Å². The van der Waals surface area contributed by atoms with Gasteiger partial charge >= 0.3 is 0 Å². The van der Waals surface area contributed by atoms with Gasteiger partial charge in [-0.15, -0.1) is 20.5 Å². The van der Waals surface area contributed by atoms with Crippen LogP contribution in [0.1, 0.15) is 5.56 Å². The zero-order valence-corrected chi connectivity index (χ0v) is 18.4. The number of fused-ring (bicyclic) bond motifs is 1. The summed E-state index contributed by atoms with van der Waals surface area (Å²) in [4.78, 5) is 8.80. The normalized spacial score (nSPS) is 11.7. The van der Waals surface area contributed by atoms with Gasteiger partial charge < -0.3 is 5.11 Å². The van der Waals surface area contributed by atoms with E-state index in [4.69, 9.17) is 0 Å². The van der Waals surface area contributed by atoms with Gasteiger partial charge in [0.05, 0.1) is 5.69 Å². The highest BCUT2D eigenvalue weighted by molar-refractivity contribution is 7.19. The molecule has 0 aliphatic rings. The van der Waals surface area contributed by atoms with Crippen LogP contribution >= 0.6 is 11.3 Å². The van der Waals surface area contributed by atoms with Crippen LogP contribution in [0.25, 0.3) is 22.0 Å². The summed E-state index contributed by atoms with van der Waals surface area (Å²) in [5.74, 6) is 0.0563. The van der Waals surface area contributed by atoms with Gasteiger partial charge in [-0.3, -0.25) is 4.98 Å². The number of aromatic nitrogens is 2. The Bertz CT molecular complexity index is 1480. The maximum atomic E-state index is 10.3. The molecule has 0 atom stereocenters. The molecule has 160 valence electrons. The molecule has 1 N–H and O–H groups in total. The third-order valence-corrected chi connectivity index (χ3v) is 5.76. The fourth-order valence-electron chi connectivity index (χ4n) is 3.26. The van der Waals surface area contributed by atoms with E-state index >= 15 is 0 Å². The number of aryl methyl sites for hydroxylation is 1. The number of pyridine rings is 1. The second-order valence-electron chi connectivity index (χ2n) is 7.28. The third kappa shape index (κ3) is 4.51. The highest BCUT2D eigenvalue weighted by Gasteiger charge is 2.14. The van der Waals surface area contributed by atoms with Crippen molar-refractivity contribution in [1.82, 2.24) is 9.97 Å². The Morgan fingerprint density at radius 3 is 2.48 bits per heavy atom. The van der Waals surface area contributed by atoms with Gasteiger partial charge in [0, 0.05) is 23.3 Å². The average molecular weight is 451 g/mol. The molecule has 33 heavy (non-hydrogen) atoms. The fourth-order valence-corrected chi connectivity index (χ4v) is 3.99. The minimum absolute atomic E-state index is 0.0563. The van der Waals surface area contributed by atoms with Crippen LogP contribution in [-0.4, -0.2) is 15.1 Å². The number of rotatable bonds is 5. The number of hydrogen-bond donors (Lipinski definition) is 1. The van der Waals surface area contributed by atoms with Gasteiger partial charge in [0.15, 0.2) is 5.00 Å². The summed E-state index contributed by atoms with van der Waals surface area (Å²) in [5, 5.41) is 30.5. The summed E-state index contributed by atoms with van der Waals surface area (Å²) >= 11 is 1.27. The van der Waals surface area contributed by atoms with Crippen molar-refractivity contribution in [3.05, 3.63) is 90.8 Å². The van der Waals surface area contributed by atoms with E-state index in [1.165, 1.54) is 11.3 Å². The number of nitrogens with zero attached hydrogens (tertiary/aromatic N) is 6. The molecule has 2 aromatic heterocycles. The quantitative estimate of drug-likeness (QED) is 0.273. The van der Waals surface area contributed by atoms with E-state index in [1.54, 1.807) is 18.5 Å². The number of hydrogen-bond acceptors (Lipinski definition) is 8. The van der Waals surface area contributed by atoms with Crippen molar-refractivity contribution < 1.29 is 5.11 Å². The van der Waals surface area contributed by atoms with Crippen molar-refractivity contribution in [2.45, 2.75) is 6.92 Å². The van der Waals surface area contributed by atoms with Gasteiger partial charge in [0.2, 0.25) is 5.13 Å². The molecule has 3 aromatic carbocycles. The zero-order chi connectivity index (χ0) is 22.6. The molecule has 7 nitrogen and oxygen atoms in total. The smallest absolute Gasteiger partial charge is 0.232 e. The summed E-state index contributed by atoms with van der Waals surface area (Å²) in [6.45, 7) is 2.02. The molecule has 5 rings (SSSR count). The molecule has 0 unspecified atom stereocenters. The van der Waals surface area contributed by atoms with Crippen molar-refractivity contribution >= 4 is 43.6 Å². The van der Waals surface area contributed by atoms with Crippen LogP contribution in [0, 0.1) is 6.92 Å². The Morgan fingerprint density at radius 1 is 0.818 bits per heavy atom. The van der Waals surface area contributed by atoms with E-state index in [1.807, 2.05) is 73.7 Å². The van der Waals surface area contributed by atoms with Crippen LogP contribution in [0.15, 0.2) is 106 Å². The molecule has 5 aromatic rings. The first-order chi connectivity index (χ1) is 16.2. The van der Waals surface area contributed by atoms with Crippen molar-refractivity contribution in [2.24, 2.45) is 20.5 Å². The predicted molar refractivity (Wildman–Crippen MR) is 130 cm³/mol. The van der Waals surface area contributed by atoms with Crippen LogP contribution < -0.4 is 0 Å². The molecular weight excluding hydrogens is 432 g/mol. The molecule has 0 saturated carbocycles. The minimum Gasteiger partial charge on any atom is -0.506 e. The molecule has 0 amide bonds. The molecule has 0 aliphatic carbocycles. The number of phenols is 1. The van der Waals surface area contributed by atoms with E-state index in [9.17, 15) is 5.11 Å². The van der Waals surface area contributed by atoms with Crippen LogP contribution in [0.3, 0.4) is 0 Å². The lowest BCUT2D eigenvalue weighted by atomic mass is 10.1. The van der Waals surface area contributed by atoms with Crippen molar-refractivity contribution in [2.75, 3.05) is 0 Å². The average Bonchev–Trinajstić information content (AvgIpc) is 3.27. The third-order valence-electron chi connectivity index (χ3n) is 4.94. The summed E-state index contributed by atoms with van der Waals surface area (Å²) in [7, 11) is 0. The van der Waals surface area contributed by atoms with Gasteiger partial charge in [-0.2, -0.15) is 0 Å². The number of phenolic OH excluding ortho intramolecular Hbond substituents is 1. The van der Waals surface area contributed by atoms with Crippen LogP contribution in [0.5, 0.6) is 5.75 Å². The number of azo groups is 2. The van der Waals surface area contributed by atoms with Crippen LogP contribution in [0.4, 0.5) is 21.5 Å². The topological polar surface area (TPSA) is 95.5 Å². The highest BCUT2D eigenvalue weighted by atomic mass is 32.1. The molecule has 0 aliphatic heterocycles. The molecule has 0 fully saturated rings. The lowest BCUT2D eigenvalue weighted by Crippen LogP contribution is -1.79. The number of thiazole rings is 1. The maximum absolute atomic E-state index is 10.3. The van der Waals surface area contributed by atoms with Gasteiger partial charge in [-0.05, 0) is 42.6 Å². The first-order valence-electron chi connectivity index (χ1n) is 10.2. The fraction of sp³-hybridized carbons (Fsp3) is 0.0400. The summed E-state index contributed by atoms with van der Waals surface area (Å²) in [6, 6.07) is 22.7. The van der Waals surface area contributed by atoms with E-state index < -0.39 is 0 Å². The molecule has 0 spiro atoms. The Hall–Kier alpha value is -4.30. The standard InChI is InChI=1S/C25H18N6OS/c1-16-8-11-19(12-9-16)28-30-24-22(18-6-4-14-26-15-18)27-25(33-24)31-29-23-20-7-3-2-5-17(20)10-13-21(23)32/h2-15,32H,1H3. The molecule has 0 bridgehead atoms. The SMILES string of the molecule is Cc1ccc(N=Nc2sc(N=Nc3c(O)ccc4ccccc34)nc2-c2cccnc2)cc1. The minimum atomic E-state index is 0.0563. The van der Waals surface area contributed by atoms with Gasteiger partial charge in [-0.25, -0.2) is 4.98 Å². The second kappa shape index (κ2) is 9.05. The van der Waals surface area contributed by atoms with E-state index in [0.717, 1.165) is 27.6 Å². The van der Waals surface area contributed by atoms with Crippen LogP contribution in [-0.2, 0) is 0 Å². The Morgan fingerprint density at radius 2 is 1.67 bits per heavy atom. The van der Waals surface area contributed by atoms with E-state index in [2.05, 4.69) is 30.4 Å². The Kier molecular flexibility index (Phi) is 5.65. The summed E-state index contributed by atoms with van der Waals surface area (Å²) < 4.78 is 0. The molecular formula is C25H18N6OS. The summed E-state index contributed by atoms with van der Waals surface area (Å²) in [5.41, 5.74) is 3.73. The van der Waals surface area contributed by atoms with Crippen LogP contribution in [0.2, 0.25) is 0 Å². The molecule has 2 heterocycles. The monoisotopic (exact) mass is 450 g/mol. The van der Waals surface area contributed by atoms with Gasteiger partial charge in [0.1, 0.15) is 17.1 Å². The Balaban J connectivity index is 1.54. The molecule has 8 heteroatoms. The highest BCUT2D eigenvalue weighted by Crippen LogP contribution is 2.42. The molecule has 0 radical (unpaired) electrons. The van der Waals surface area contributed by atoms with Crippen molar-refractivity contribution in [3.8, 4) is 17.0 Å². The number of aromatic hydroxyl groups is 1. The lowest BCUT2D eigenvalue weighted by Gasteiger charge is -2.02. The van der Waals surface area contributed by atoms with E-state index in [0.29, 0.717) is 21.5 Å².